The minimum Gasteiger partial charge on any atom is -0.508 e. The number of amides is 1. The molecule has 0 saturated carbocycles. The molecule has 124 valence electrons. The molecule has 5 nitrogen and oxygen atoms in total. The highest BCUT2D eigenvalue weighted by Crippen LogP contribution is 2.19. The molecule has 1 aromatic rings. The summed E-state index contributed by atoms with van der Waals surface area (Å²) in [6, 6.07) is 5.85. The third-order valence-corrected chi connectivity index (χ3v) is 3.87. The molecule has 1 amide bonds. The highest BCUT2D eigenvalue weighted by atomic mass is 16.5. The molecule has 0 spiro atoms. The highest BCUT2D eigenvalue weighted by Gasteiger charge is 2.18. The first-order valence-corrected chi connectivity index (χ1v) is 8.02. The molecule has 0 fully saturated rings. The molecule has 0 heterocycles. The average Bonchev–Trinajstić information content (AvgIpc) is 2.55. The zero-order chi connectivity index (χ0) is 16.7. The number of carbonyl (C=O) groups excluding carboxylic acids is 2. The van der Waals surface area contributed by atoms with E-state index in [1.54, 1.807) is 6.07 Å². The smallest absolute Gasteiger partial charge is 0.339 e. The number of carbonyl (C=O) groups is 2. The van der Waals surface area contributed by atoms with Crippen molar-refractivity contribution in [2.45, 2.75) is 45.1 Å². The zero-order valence-electron chi connectivity index (χ0n) is 13.4. The summed E-state index contributed by atoms with van der Waals surface area (Å²) in [4.78, 5) is 23.9. The Morgan fingerprint density at radius 2 is 2.17 bits per heavy atom. The molecule has 1 aliphatic carbocycles. The molecule has 5 heteroatoms. The van der Waals surface area contributed by atoms with E-state index in [2.05, 4.69) is 11.4 Å². The lowest BCUT2D eigenvalue weighted by molar-refractivity contribution is -0.129. The Balaban J connectivity index is 1.76. The number of allylic oxidation sites excluding steroid dienone is 1. The van der Waals surface area contributed by atoms with Gasteiger partial charge in [-0.15, -0.1) is 0 Å². The topological polar surface area (TPSA) is 75.6 Å². The molecule has 0 aromatic heterocycles. The van der Waals surface area contributed by atoms with Gasteiger partial charge in [0.15, 0.2) is 6.10 Å². The number of hydrogen-bond donors (Lipinski definition) is 2. The molecule has 1 aliphatic rings. The van der Waals surface area contributed by atoms with E-state index in [0.717, 1.165) is 19.3 Å². The van der Waals surface area contributed by atoms with Crippen LogP contribution in [0.15, 0.2) is 35.9 Å². The number of esters is 1. The number of rotatable bonds is 6. The van der Waals surface area contributed by atoms with Gasteiger partial charge < -0.3 is 15.2 Å². The summed E-state index contributed by atoms with van der Waals surface area (Å²) in [5, 5.41) is 12.1. The van der Waals surface area contributed by atoms with Crippen molar-refractivity contribution >= 4 is 11.9 Å². The van der Waals surface area contributed by atoms with Crippen molar-refractivity contribution in [3.05, 3.63) is 41.5 Å². The summed E-state index contributed by atoms with van der Waals surface area (Å²) in [6.07, 6.45) is 6.93. The van der Waals surface area contributed by atoms with Crippen LogP contribution in [-0.2, 0) is 9.53 Å². The molecule has 0 saturated heterocycles. The molecular weight excluding hydrogens is 294 g/mol. The Bertz CT molecular complexity index is 594. The average molecular weight is 317 g/mol. The molecule has 23 heavy (non-hydrogen) atoms. The summed E-state index contributed by atoms with van der Waals surface area (Å²) in [6.45, 7) is 2.09. The standard InChI is InChI=1S/C18H23NO4/c1-13(23-18(22)15-8-5-9-16(20)12-15)17(21)19-11-10-14-6-3-2-4-7-14/h5-6,8-9,12-13,20H,2-4,7,10-11H2,1H3,(H,19,21). The van der Waals surface area contributed by atoms with Crippen LogP contribution in [0.25, 0.3) is 0 Å². The van der Waals surface area contributed by atoms with E-state index in [-0.39, 0.29) is 17.2 Å². The second-order valence-electron chi connectivity index (χ2n) is 5.75. The van der Waals surface area contributed by atoms with E-state index in [9.17, 15) is 14.7 Å². The Labute approximate surface area is 136 Å². The Hall–Kier alpha value is -2.30. The maximum atomic E-state index is 12.0. The van der Waals surface area contributed by atoms with E-state index in [1.165, 1.54) is 43.5 Å². The van der Waals surface area contributed by atoms with Gasteiger partial charge in [-0.25, -0.2) is 4.79 Å². The first-order chi connectivity index (χ1) is 11.1. The van der Waals surface area contributed by atoms with Crippen LogP contribution in [0.3, 0.4) is 0 Å². The van der Waals surface area contributed by atoms with Gasteiger partial charge in [0.05, 0.1) is 5.56 Å². The normalized spacial score (nSPS) is 15.4. The number of ether oxygens (including phenoxy) is 1. The van der Waals surface area contributed by atoms with E-state index in [0.29, 0.717) is 6.54 Å². The number of hydrogen-bond acceptors (Lipinski definition) is 4. The molecule has 0 bridgehead atoms. The first kappa shape index (κ1) is 17.1. The fourth-order valence-corrected chi connectivity index (χ4v) is 2.54. The number of nitrogens with one attached hydrogen (secondary N) is 1. The molecule has 2 rings (SSSR count). The van der Waals surface area contributed by atoms with Crippen molar-refractivity contribution in [3.8, 4) is 5.75 Å². The summed E-state index contributed by atoms with van der Waals surface area (Å²) >= 11 is 0. The highest BCUT2D eigenvalue weighted by molar-refractivity contribution is 5.92. The van der Waals surface area contributed by atoms with Crippen LogP contribution in [-0.4, -0.2) is 29.6 Å². The van der Waals surface area contributed by atoms with E-state index in [1.807, 2.05) is 0 Å². The lowest BCUT2D eigenvalue weighted by Crippen LogP contribution is -2.36. The van der Waals surface area contributed by atoms with Crippen molar-refractivity contribution in [1.82, 2.24) is 5.32 Å². The van der Waals surface area contributed by atoms with E-state index in [4.69, 9.17) is 4.74 Å². The fourth-order valence-electron chi connectivity index (χ4n) is 2.54. The quantitative estimate of drug-likeness (QED) is 0.625. The number of phenols is 1. The first-order valence-electron chi connectivity index (χ1n) is 8.02. The van der Waals surface area contributed by atoms with Crippen LogP contribution in [0.2, 0.25) is 0 Å². The van der Waals surface area contributed by atoms with Gasteiger partial charge in [-0.3, -0.25) is 4.79 Å². The van der Waals surface area contributed by atoms with Gasteiger partial charge in [0.25, 0.3) is 5.91 Å². The van der Waals surface area contributed by atoms with Crippen LogP contribution < -0.4 is 5.32 Å². The maximum absolute atomic E-state index is 12.0. The van der Waals surface area contributed by atoms with Crippen molar-refractivity contribution < 1.29 is 19.4 Å². The summed E-state index contributed by atoms with van der Waals surface area (Å²) in [7, 11) is 0. The lowest BCUT2D eigenvalue weighted by atomic mass is 9.97. The van der Waals surface area contributed by atoms with E-state index >= 15 is 0 Å². The van der Waals surface area contributed by atoms with Gasteiger partial charge in [-0.05, 0) is 57.2 Å². The Morgan fingerprint density at radius 3 is 2.87 bits per heavy atom. The van der Waals surface area contributed by atoms with Crippen molar-refractivity contribution in [2.24, 2.45) is 0 Å². The van der Waals surface area contributed by atoms with Gasteiger partial charge >= 0.3 is 5.97 Å². The molecule has 1 unspecified atom stereocenters. The molecule has 1 atom stereocenters. The van der Waals surface area contributed by atoms with Crippen LogP contribution in [0.4, 0.5) is 0 Å². The second-order valence-corrected chi connectivity index (χ2v) is 5.75. The van der Waals surface area contributed by atoms with E-state index < -0.39 is 12.1 Å². The molecule has 1 aromatic carbocycles. The predicted molar refractivity (Wildman–Crippen MR) is 87.2 cm³/mol. The van der Waals surface area contributed by atoms with Crippen LogP contribution in [0.5, 0.6) is 5.75 Å². The molecule has 2 N–H and O–H groups in total. The van der Waals surface area contributed by atoms with Crippen LogP contribution in [0, 0.1) is 0 Å². The van der Waals surface area contributed by atoms with Crippen molar-refractivity contribution in [2.75, 3.05) is 6.54 Å². The number of phenolic OH excluding ortho intramolecular Hbond substituents is 1. The summed E-state index contributed by atoms with van der Waals surface area (Å²) < 4.78 is 5.12. The van der Waals surface area contributed by atoms with Gasteiger partial charge in [-0.2, -0.15) is 0 Å². The van der Waals surface area contributed by atoms with Gasteiger partial charge in [0.2, 0.25) is 0 Å². The van der Waals surface area contributed by atoms with Crippen molar-refractivity contribution in [3.63, 3.8) is 0 Å². The SMILES string of the molecule is CC(OC(=O)c1cccc(O)c1)C(=O)NCCC1=CCCCC1. The lowest BCUT2D eigenvalue weighted by Gasteiger charge is -2.15. The van der Waals surface area contributed by atoms with Gasteiger partial charge in [-0.1, -0.05) is 17.7 Å². The van der Waals surface area contributed by atoms with Gasteiger partial charge in [0.1, 0.15) is 5.75 Å². The Kier molecular flexibility index (Phi) is 6.20. The third kappa shape index (κ3) is 5.43. The van der Waals surface area contributed by atoms with Gasteiger partial charge in [0, 0.05) is 6.54 Å². The fraction of sp³-hybridized carbons (Fsp3) is 0.444. The largest absolute Gasteiger partial charge is 0.508 e. The Morgan fingerprint density at radius 1 is 1.35 bits per heavy atom. The number of benzene rings is 1. The minimum atomic E-state index is -0.870. The molecule has 0 aliphatic heterocycles. The zero-order valence-corrected chi connectivity index (χ0v) is 13.4. The third-order valence-electron chi connectivity index (χ3n) is 3.87. The maximum Gasteiger partial charge on any atom is 0.339 e. The van der Waals surface area contributed by atoms with Crippen LogP contribution >= 0.6 is 0 Å². The summed E-state index contributed by atoms with van der Waals surface area (Å²) in [5.74, 6) is -0.953. The second kappa shape index (κ2) is 8.36. The predicted octanol–water partition coefficient (Wildman–Crippen LogP) is 2.94. The molecular formula is C18H23NO4. The number of aromatic hydroxyl groups is 1. The monoisotopic (exact) mass is 317 g/mol. The minimum absolute atomic E-state index is 0.0164. The van der Waals surface area contributed by atoms with Crippen LogP contribution in [0.1, 0.15) is 49.4 Å². The van der Waals surface area contributed by atoms with Crippen molar-refractivity contribution in [1.29, 1.82) is 0 Å². The summed E-state index contributed by atoms with van der Waals surface area (Å²) in [5.41, 5.74) is 1.61. The molecule has 0 radical (unpaired) electrons.